The molecular weight excluding hydrogens is 1170 g/mol. The van der Waals surface area contributed by atoms with E-state index < -0.39 is 97.5 Å². The molecule has 2 unspecified atom stereocenters. The highest BCUT2D eigenvalue weighted by Gasteiger charge is 2.30. The number of aliphatic hydroxyl groups excluding tert-OH is 1. The Labute approximate surface area is 543 Å². The smallest absolute Gasteiger partial charge is 0.462 e. The van der Waals surface area contributed by atoms with Crippen LogP contribution in [0, 0.1) is 11.8 Å². The van der Waals surface area contributed by atoms with Gasteiger partial charge in [0.15, 0.2) is 12.2 Å². The Bertz CT molecular complexity index is 1730. The van der Waals surface area contributed by atoms with Crippen LogP contribution >= 0.6 is 15.6 Å². The lowest BCUT2D eigenvalue weighted by atomic mass is 10.0. The largest absolute Gasteiger partial charge is 0.472 e. The number of hydrogen-bond donors (Lipinski definition) is 3. The van der Waals surface area contributed by atoms with E-state index in [0.717, 1.165) is 95.8 Å². The zero-order valence-corrected chi connectivity index (χ0v) is 59.5. The second-order valence-electron chi connectivity index (χ2n) is 26.2. The van der Waals surface area contributed by atoms with Crippen LogP contribution in [0.3, 0.4) is 0 Å². The minimum absolute atomic E-state index is 0.104. The van der Waals surface area contributed by atoms with Gasteiger partial charge in [0.2, 0.25) is 0 Å². The molecule has 0 rings (SSSR count). The van der Waals surface area contributed by atoms with E-state index in [0.29, 0.717) is 31.6 Å². The number of unbranched alkanes of at least 4 members (excludes halogenated alkanes) is 39. The molecule has 0 radical (unpaired) electrons. The molecule has 89 heavy (non-hydrogen) atoms. The van der Waals surface area contributed by atoms with Gasteiger partial charge in [-0.25, -0.2) is 9.13 Å². The van der Waals surface area contributed by atoms with E-state index in [4.69, 9.17) is 37.0 Å². The molecule has 17 nitrogen and oxygen atoms in total. The first kappa shape index (κ1) is 87.1. The average molecular weight is 1310 g/mol. The highest BCUT2D eigenvalue weighted by Crippen LogP contribution is 2.45. The lowest BCUT2D eigenvalue weighted by Gasteiger charge is -2.21. The summed E-state index contributed by atoms with van der Waals surface area (Å²) in [7, 11) is -9.90. The first-order valence-corrected chi connectivity index (χ1v) is 39.5. The maximum absolute atomic E-state index is 13.0. The zero-order valence-electron chi connectivity index (χ0n) is 57.7. The van der Waals surface area contributed by atoms with Gasteiger partial charge in [-0.15, -0.1) is 0 Å². The predicted molar refractivity (Wildman–Crippen MR) is 358 cm³/mol. The lowest BCUT2D eigenvalue weighted by molar-refractivity contribution is -0.161. The van der Waals surface area contributed by atoms with Gasteiger partial charge in [-0.1, -0.05) is 305 Å². The second kappa shape index (κ2) is 62.2. The maximum Gasteiger partial charge on any atom is 0.472 e. The normalized spacial score (nSPS) is 14.1. The van der Waals surface area contributed by atoms with Crippen molar-refractivity contribution in [2.45, 2.75) is 374 Å². The van der Waals surface area contributed by atoms with Gasteiger partial charge in [-0.3, -0.25) is 37.3 Å². The minimum atomic E-state index is -4.95. The molecule has 19 heteroatoms. The monoisotopic (exact) mass is 1310 g/mol. The van der Waals surface area contributed by atoms with Crippen LogP contribution in [0.1, 0.15) is 356 Å². The van der Waals surface area contributed by atoms with Crippen LogP contribution in [0.4, 0.5) is 0 Å². The van der Waals surface area contributed by atoms with E-state index in [1.807, 2.05) is 0 Å². The van der Waals surface area contributed by atoms with Gasteiger partial charge in [0.05, 0.1) is 26.4 Å². The molecule has 0 saturated carbocycles. The van der Waals surface area contributed by atoms with Crippen LogP contribution < -0.4 is 0 Å². The van der Waals surface area contributed by atoms with Crippen LogP contribution in [-0.4, -0.2) is 96.7 Å². The summed E-state index contributed by atoms with van der Waals surface area (Å²) >= 11 is 0. The standard InChI is InChI=1S/C70H136O17P2/c1-7-9-11-13-15-17-19-21-25-29-35-41-47-53-68(73)81-58-65(86-69(74)54-48-42-36-30-26-23-20-22-24-27-32-38-44-50-62(3)4)60-84-88(76,77)82-56-64(71)57-83-89(78,79)85-61-66(87-70(75)55-49-43-37-31-33-39-45-51-63(5)6)59-80-67(72)52-46-40-34-28-18-16-14-12-10-8-2/h62-66,71H,7-61H2,1-6H3,(H,76,77)(H,78,79)/t64-,65-,66-/m1/s1. The van der Waals surface area contributed by atoms with Crippen LogP contribution in [0.2, 0.25) is 0 Å². The number of hydrogen-bond acceptors (Lipinski definition) is 15. The SMILES string of the molecule is CCCCCCCCCCCCCCCC(=O)OC[C@H](COP(=O)(O)OC[C@@H](O)COP(=O)(O)OC[C@@H](COC(=O)CCCCCCCCCCCC)OC(=O)CCCCCCCCCC(C)C)OC(=O)CCCCCCCCCCCCCCCC(C)C. The van der Waals surface area contributed by atoms with Crippen molar-refractivity contribution in [2.24, 2.45) is 11.8 Å². The summed E-state index contributed by atoms with van der Waals surface area (Å²) < 4.78 is 68.2. The Morgan fingerprint density at radius 3 is 0.764 bits per heavy atom. The van der Waals surface area contributed by atoms with E-state index >= 15 is 0 Å². The average Bonchev–Trinajstić information content (AvgIpc) is 3.71. The van der Waals surface area contributed by atoms with Crippen molar-refractivity contribution in [3.05, 3.63) is 0 Å². The minimum Gasteiger partial charge on any atom is -0.462 e. The van der Waals surface area contributed by atoms with Crippen molar-refractivity contribution in [1.29, 1.82) is 0 Å². The molecule has 0 aliphatic rings. The van der Waals surface area contributed by atoms with Crippen LogP contribution in [0.15, 0.2) is 0 Å². The molecule has 0 heterocycles. The van der Waals surface area contributed by atoms with Gasteiger partial charge in [-0.05, 0) is 37.5 Å². The first-order valence-electron chi connectivity index (χ1n) is 36.5. The second-order valence-corrected chi connectivity index (χ2v) is 29.1. The Hall–Kier alpha value is -1.94. The Morgan fingerprint density at radius 2 is 0.517 bits per heavy atom. The summed E-state index contributed by atoms with van der Waals surface area (Å²) in [6.45, 7) is 9.50. The number of aliphatic hydroxyl groups is 1. The number of esters is 4. The molecule has 0 spiro atoms. The highest BCUT2D eigenvalue weighted by molar-refractivity contribution is 7.47. The molecule has 528 valence electrons. The summed E-state index contributed by atoms with van der Waals surface area (Å²) in [6, 6.07) is 0. The Kier molecular flexibility index (Phi) is 60.8. The van der Waals surface area contributed by atoms with Crippen LogP contribution in [-0.2, 0) is 65.4 Å². The summed E-state index contributed by atoms with van der Waals surface area (Å²) in [4.78, 5) is 72.5. The number of phosphoric acid groups is 2. The third kappa shape index (κ3) is 64.6. The Balaban J connectivity index is 5.23. The van der Waals surface area contributed by atoms with Gasteiger partial charge in [0, 0.05) is 25.7 Å². The van der Waals surface area contributed by atoms with Crippen molar-refractivity contribution in [3.8, 4) is 0 Å². The van der Waals surface area contributed by atoms with E-state index in [2.05, 4.69) is 41.5 Å². The quantitative estimate of drug-likeness (QED) is 0.0222. The third-order valence-corrected chi connectivity index (χ3v) is 18.1. The van der Waals surface area contributed by atoms with E-state index in [1.54, 1.807) is 0 Å². The molecule has 0 aromatic rings. The fraction of sp³-hybridized carbons (Fsp3) is 0.943. The number of rotatable bonds is 69. The molecule has 0 aliphatic carbocycles. The van der Waals surface area contributed by atoms with E-state index in [9.17, 15) is 43.2 Å². The van der Waals surface area contributed by atoms with Gasteiger partial charge in [0.1, 0.15) is 19.3 Å². The zero-order chi connectivity index (χ0) is 65.7. The summed E-state index contributed by atoms with van der Waals surface area (Å²) in [6.07, 6.45) is 47.2. The van der Waals surface area contributed by atoms with E-state index in [-0.39, 0.29) is 25.7 Å². The van der Waals surface area contributed by atoms with Crippen LogP contribution in [0.25, 0.3) is 0 Å². The summed E-state index contributed by atoms with van der Waals surface area (Å²) in [5.41, 5.74) is 0. The molecule has 0 aliphatic heterocycles. The van der Waals surface area contributed by atoms with Crippen molar-refractivity contribution < 1.29 is 80.2 Å². The van der Waals surface area contributed by atoms with Gasteiger partial charge >= 0.3 is 39.5 Å². The molecule has 3 N–H and O–H groups in total. The molecule has 0 fully saturated rings. The summed E-state index contributed by atoms with van der Waals surface area (Å²) in [5.74, 6) is -0.643. The fourth-order valence-electron chi connectivity index (χ4n) is 10.6. The molecule has 0 bridgehead atoms. The lowest BCUT2D eigenvalue weighted by Crippen LogP contribution is -2.30. The fourth-order valence-corrected chi connectivity index (χ4v) is 12.2. The predicted octanol–water partition coefficient (Wildman–Crippen LogP) is 20.0. The van der Waals surface area contributed by atoms with Gasteiger partial charge < -0.3 is 33.8 Å². The van der Waals surface area contributed by atoms with Gasteiger partial charge in [0.25, 0.3) is 0 Å². The molecular formula is C70H136O17P2. The molecule has 0 aromatic heterocycles. The first-order chi connectivity index (χ1) is 42.9. The topological polar surface area (TPSA) is 237 Å². The Morgan fingerprint density at radius 1 is 0.303 bits per heavy atom. The van der Waals surface area contributed by atoms with Crippen molar-refractivity contribution >= 4 is 39.5 Å². The van der Waals surface area contributed by atoms with Crippen molar-refractivity contribution in [1.82, 2.24) is 0 Å². The number of carbonyl (C=O) groups is 4. The molecule has 5 atom stereocenters. The number of phosphoric ester groups is 2. The number of carbonyl (C=O) groups excluding carboxylic acids is 4. The highest BCUT2D eigenvalue weighted by atomic mass is 31.2. The van der Waals surface area contributed by atoms with Crippen LogP contribution in [0.5, 0.6) is 0 Å². The van der Waals surface area contributed by atoms with Crippen molar-refractivity contribution in [3.63, 3.8) is 0 Å². The molecule has 0 amide bonds. The van der Waals surface area contributed by atoms with E-state index in [1.165, 1.54) is 173 Å². The van der Waals surface area contributed by atoms with Gasteiger partial charge in [-0.2, -0.15) is 0 Å². The summed E-state index contributed by atoms with van der Waals surface area (Å²) in [5, 5.41) is 10.6. The molecule has 0 aromatic carbocycles. The molecule has 0 saturated heterocycles. The van der Waals surface area contributed by atoms with Crippen molar-refractivity contribution in [2.75, 3.05) is 39.6 Å². The number of ether oxygens (including phenoxy) is 4. The third-order valence-electron chi connectivity index (χ3n) is 16.2. The maximum atomic E-state index is 13.0.